The summed E-state index contributed by atoms with van der Waals surface area (Å²) in [7, 11) is 5.92. The van der Waals surface area contributed by atoms with Gasteiger partial charge in [0.05, 0.1) is 40.3 Å². The number of carboxylic acid groups (broad SMARTS) is 1. The number of hydrogen-bond donors (Lipinski definition) is 0. The van der Waals surface area contributed by atoms with Crippen LogP contribution in [-0.2, 0) is 33.3 Å². The van der Waals surface area contributed by atoms with Crippen LogP contribution in [0.5, 0.6) is 0 Å². The van der Waals surface area contributed by atoms with Crippen molar-refractivity contribution in [2.75, 3.05) is 47.5 Å². The molecule has 2 unspecified atom stereocenters. The largest absolute Gasteiger partial charge is 0.545 e. The molecule has 372 valence electrons. The van der Waals surface area contributed by atoms with Gasteiger partial charge in [0.25, 0.3) is 0 Å². The number of ether oxygens (including phenoxy) is 4. The van der Waals surface area contributed by atoms with Crippen molar-refractivity contribution >= 4 is 17.9 Å². The van der Waals surface area contributed by atoms with Gasteiger partial charge in [0.15, 0.2) is 12.4 Å². The van der Waals surface area contributed by atoms with Crippen molar-refractivity contribution in [3.63, 3.8) is 0 Å². The summed E-state index contributed by atoms with van der Waals surface area (Å²) in [5.41, 5.74) is 0. The van der Waals surface area contributed by atoms with E-state index in [1.807, 2.05) is 21.1 Å². The maximum atomic E-state index is 12.8. The lowest BCUT2D eigenvalue weighted by molar-refractivity contribution is -0.870. The van der Waals surface area contributed by atoms with Gasteiger partial charge >= 0.3 is 11.9 Å². The maximum absolute atomic E-state index is 12.8. The van der Waals surface area contributed by atoms with Gasteiger partial charge in [-0.3, -0.25) is 9.59 Å². The third-order valence-corrected chi connectivity index (χ3v) is 11.3. The fourth-order valence-corrected chi connectivity index (χ4v) is 7.29. The monoisotopic (exact) mass is 902 g/mol. The number of carboxylic acids is 1. The van der Waals surface area contributed by atoms with Crippen LogP contribution in [0, 0.1) is 0 Å². The molecule has 0 heterocycles. The highest BCUT2D eigenvalue weighted by molar-refractivity contribution is 5.70. The number of quaternary nitrogens is 1. The molecule has 9 heteroatoms. The fraction of sp³-hybridized carbons (Fsp3) is 0.800. The smallest absolute Gasteiger partial charge is 0.306 e. The minimum absolute atomic E-state index is 0.147. The first-order valence-electron chi connectivity index (χ1n) is 26.3. The minimum Gasteiger partial charge on any atom is -0.545 e. The SMILES string of the molecule is CC/C=C\C/C=C\C/C=C\C/C=C\CCCCCCCCCCCCC(=O)OC(COC(=O)CCCCCCCCCCCCCCCCCC)COC(OCC[N+](C)(C)C)C(=O)[O-]. The van der Waals surface area contributed by atoms with Crippen molar-refractivity contribution in [3.8, 4) is 0 Å². The number of nitrogens with zero attached hydrogens (tertiary/aromatic N) is 1. The Bertz CT molecular complexity index is 1190. The molecule has 0 amide bonds. The molecule has 0 N–H and O–H groups in total. The normalized spacial score (nSPS) is 13.2. The number of carbonyl (C=O) groups excluding carboxylic acids is 3. The van der Waals surface area contributed by atoms with Crippen LogP contribution in [0.1, 0.15) is 226 Å². The van der Waals surface area contributed by atoms with Gasteiger partial charge in [0.2, 0.25) is 0 Å². The Balaban J connectivity index is 4.30. The lowest BCUT2D eigenvalue weighted by atomic mass is 10.0. The number of likely N-dealkylation sites (N-methyl/N-ethyl adjacent to an activating group) is 1. The van der Waals surface area contributed by atoms with Gasteiger partial charge in [-0.05, 0) is 51.4 Å². The molecule has 0 spiro atoms. The molecule has 0 aromatic carbocycles. The van der Waals surface area contributed by atoms with Crippen LogP contribution in [0.3, 0.4) is 0 Å². The van der Waals surface area contributed by atoms with Crippen LogP contribution >= 0.6 is 0 Å². The van der Waals surface area contributed by atoms with Crippen LogP contribution in [0.4, 0.5) is 0 Å². The quantitative estimate of drug-likeness (QED) is 0.0195. The first-order chi connectivity index (χ1) is 31.1. The summed E-state index contributed by atoms with van der Waals surface area (Å²) < 4.78 is 22.7. The molecule has 0 aromatic heterocycles. The Morgan fingerprint density at radius 1 is 0.484 bits per heavy atom. The van der Waals surface area contributed by atoms with Gasteiger partial charge < -0.3 is 33.3 Å². The molecule has 0 aliphatic heterocycles. The van der Waals surface area contributed by atoms with E-state index < -0.39 is 24.3 Å². The summed E-state index contributed by atoms with van der Waals surface area (Å²) in [6.07, 6.45) is 52.8. The fourth-order valence-electron chi connectivity index (χ4n) is 7.29. The van der Waals surface area contributed by atoms with Gasteiger partial charge in [-0.25, -0.2) is 0 Å². The Morgan fingerprint density at radius 2 is 0.891 bits per heavy atom. The van der Waals surface area contributed by atoms with E-state index in [1.165, 1.54) is 122 Å². The van der Waals surface area contributed by atoms with Gasteiger partial charge in [-0.1, -0.05) is 210 Å². The third kappa shape index (κ3) is 47.2. The highest BCUT2D eigenvalue weighted by Gasteiger charge is 2.22. The minimum atomic E-state index is -1.62. The first kappa shape index (κ1) is 61.2. The Morgan fingerprint density at radius 3 is 1.33 bits per heavy atom. The zero-order valence-corrected chi connectivity index (χ0v) is 42.1. The summed E-state index contributed by atoms with van der Waals surface area (Å²) in [4.78, 5) is 37.2. The van der Waals surface area contributed by atoms with E-state index in [0.717, 1.165) is 70.6 Å². The van der Waals surface area contributed by atoms with Crippen LogP contribution in [0.2, 0.25) is 0 Å². The van der Waals surface area contributed by atoms with Crippen molar-refractivity contribution in [2.45, 2.75) is 238 Å². The lowest BCUT2D eigenvalue weighted by Crippen LogP contribution is -2.44. The highest BCUT2D eigenvalue weighted by atomic mass is 16.7. The number of esters is 2. The predicted octanol–water partition coefficient (Wildman–Crippen LogP) is 13.4. The second-order valence-electron chi connectivity index (χ2n) is 18.8. The van der Waals surface area contributed by atoms with E-state index in [0.29, 0.717) is 23.9 Å². The average molecular weight is 902 g/mol. The Hall–Kier alpha value is -2.75. The lowest BCUT2D eigenvalue weighted by Gasteiger charge is -2.26. The average Bonchev–Trinajstić information content (AvgIpc) is 3.26. The second-order valence-corrected chi connectivity index (χ2v) is 18.8. The van der Waals surface area contributed by atoms with Gasteiger partial charge in [0, 0.05) is 12.8 Å². The van der Waals surface area contributed by atoms with E-state index in [9.17, 15) is 19.5 Å². The molecule has 9 nitrogen and oxygen atoms in total. The van der Waals surface area contributed by atoms with E-state index in [4.69, 9.17) is 18.9 Å². The van der Waals surface area contributed by atoms with Crippen LogP contribution in [-0.4, -0.2) is 82.3 Å². The van der Waals surface area contributed by atoms with Crippen molar-refractivity contribution < 1.29 is 42.9 Å². The number of carbonyl (C=O) groups is 3. The summed E-state index contributed by atoms with van der Waals surface area (Å²) in [5, 5.41) is 11.7. The van der Waals surface area contributed by atoms with E-state index in [-0.39, 0.29) is 32.2 Å². The molecule has 0 aromatic rings. The predicted molar refractivity (Wildman–Crippen MR) is 265 cm³/mol. The number of unbranched alkanes of at least 4 members (excludes halogenated alkanes) is 25. The molecule has 0 rings (SSSR count). The highest BCUT2D eigenvalue weighted by Crippen LogP contribution is 2.16. The molecule has 2 atom stereocenters. The van der Waals surface area contributed by atoms with Gasteiger partial charge in [-0.15, -0.1) is 0 Å². The third-order valence-electron chi connectivity index (χ3n) is 11.3. The van der Waals surface area contributed by atoms with Gasteiger partial charge in [-0.2, -0.15) is 0 Å². The topological polar surface area (TPSA) is 111 Å². The van der Waals surface area contributed by atoms with E-state index >= 15 is 0 Å². The number of allylic oxidation sites excluding steroid dienone is 8. The molecule has 0 aliphatic rings. The standard InChI is InChI=1S/C55H99NO8/c1-6-8-10-12-14-16-18-20-22-24-25-26-27-28-29-30-32-34-36-38-40-42-44-46-53(58)64-51(50-63-55(54(59)60)61-48-47-56(3,4)5)49-62-52(57)45-43-41-39-37-35-33-31-23-21-19-17-15-13-11-9-7-2/h8,10,14,16,20,22,25-26,51,55H,6-7,9,11-13,15,17-19,21,23-24,27-50H2,1-5H3/b10-8-,16-14-,22-20-,26-25-. The van der Waals surface area contributed by atoms with E-state index in [2.05, 4.69) is 62.5 Å². The molecule has 0 bridgehead atoms. The van der Waals surface area contributed by atoms with Crippen LogP contribution in [0.25, 0.3) is 0 Å². The molecule has 64 heavy (non-hydrogen) atoms. The van der Waals surface area contributed by atoms with Crippen molar-refractivity contribution in [1.29, 1.82) is 0 Å². The Labute approximate surface area is 393 Å². The number of aliphatic carboxylic acids is 1. The number of rotatable bonds is 48. The molecule has 0 radical (unpaired) electrons. The van der Waals surface area contributed by atoms with Crippen molar-refractivity contribution in [3.05, 3.63) is 48.6 Å². The van der Waals surface area contributed by atoms with E-state index in [1.54, 1.807) is 0 Å². The first-order valence-corrected chi connectivity index (χ1v) is 26.3. The molecule has 0 aliphatic carbocycles. The molecule has 0 saturated heterocycles. The molecular formula is C55H99NO8. The second kappa shape index (κ2) is 46.8. The summed E-state index contributed by atoms with van der Waals surface area (Å²) in [6, 6.07) is 0. The van der Waals surface area contributed by atoms with Gasteiger partial charge in [0.1, 0.15) is 13.2 Å². The molecule has 0 saturated carbocycles. The number of hydrogen-bond acceptors (Lipinski definition) is 8. The molecule has 0 fully saturated rings. The van der Waals surface area contributed by atoms with Crippen molar-refractivity contribution in [2.24, 2.45) is 0 Å². The maximum Gasteiger partial charge on any atom is 0.306 e. The zero-order valence-electron chi connectivity index (χ0n) is 42.1. The van der Waals surface area contributed by atoms with Crippen LogP contribution < -0.4 is 5.11 Å². The molecular weight excluding hydrogens is 803 g/mol. The van der Waals surface area contributed by atoms with Crippen molar-refractivity contribution in [1.82, 2.24) is 0 Å². The summed E-state index contributed by atoms with van der Waals surface area (Å²) in [5.74, 6) is -2.28. The summed E-state index contributed by atoms with van der Waals surface area (Å²) in [6.45, 7) is 4.65. The van der Waals surface area contributed by atoms with Crippen LogP contribution in [0.15, 0.2) is 48.6 Å². The Kier molecular flexibility index (Phi) is 44.8. The summed E-state index contributed by atoms with van der Waals surface area (Å²) >= 11 is 0. The zero-order chi connectivity index (χ0) is 47.0.